The Labute approximate surface area is 121 Å². The van der Waals surface area contributed by atoms with E-state index in [1.165, 1.54) is 0 Å². The summed E-state index contributed by atoms with van der Waals surface area (Å²) < 4.78 is 0. The third-order valence-corrected chi connectivity index (χ3v) is 3.44. The van der Waals surface area contributed by atoms with Gasteiger partial charge in [0.2, 0.25) is 0 Å². The van der Waals surface area contributed by atoms with Gasteiger partial charge >= 0.3 is 0 Å². The molecule has 0 saturated carbocycles. The highest BCUT2D eigenvalue weighted by Crippen LogP contribution is 2.21. The number of fused-ring (bicyclic) bond motifs is 2. The van der Waals surface area contributed by atoms with Gasteiger partial charge in [0, 0.05) is 11.1 Å². The molecule has 0 spiro atoms. The number of aromatic nitrogens is 4. The Hall–Kier alpha value is -2.95. The smallest absolute Gasteiger partial charge is 0.0890 e. The monoisotopic (exact) mass is 275 g/mol. The number of anilines is 1. The molecular formula is C16H13N5. The van der Waals surface area contributed by atoms with Gasteiger partial charge in [-0.25, -0.2) is 4.98 Å². The highest BCUT2D eigenvalue weighted by Gasteiger charge is 2.03. The molecule has 5 heteroatoms. The molecule has 4 rings (SSSR count). The second kappa shape index (κ2) is 4.86. The highest BCUT2D eigenvalue weighted by atomic mass is 15.1. The van der Waals surface area contributed by atoms with Crippen LogP contribution in [0.4, 0.5) is 5.69 Å². The molecule has 0 aliphatic carbocycles. The van der Waals surface area contributed by atoms with Crippen LogP contribution in [0.2, 0.25) is 0 Å². The minimum absolute atomic E-state index is 0.627. The van der Waals surface area contributed by atoms with Crippen molar-refractivity contribution in [2.75, 3.05) is 5.32 Å². The van der Waals surface area contributed by atoms with Gasteiger partial charge < -0.3 is 5.32 Å². The topological polar surface area (TPSA) is 66.5 Å². The van der Waals surface area contributed by atoms with Crippen LogP contribution < -0.4 is 5.32 Å². The lowest BCUT2D eigenvalue weighted by molar-refractivity contribution is 1.04. The molecule has 0 amide bonds. The van der Waals surface area contributed by atoms with Crippen LogP contribution in [0.5, 0.6) is 0 Å². The zero-order valence-electron chi connectivity index (χ0n) is 11.2. The van der Waals surface area contributed by atoms with Gasteiger partial charge in [-0.3, -0.25) is 10.1 Å². The Morgan fingerprint density at radius 2 is 1.86 bits per heavy atom. The van der Waals surface area contributed by atoms with Gasteiger partial charge in [0.15, 0.2) is 0 Å². The van der Waals surface area contributed by atoms with Crippen molar-refractivity contribution >= 4 is 27.6 Å². The summed E-state index contributed by atoms with van der Waals surface area (Å²) in [6, 6.07) is 13.9. The first-order chi connectivity index (χ1) is 10.4. The van der Waals surface area contributed by atoms with Crippen LogP contribution in [0.3, 0.4) is 0 Å². The fourth-order valence-electron chi connectivity index (χ4n) is 2.39. The Kier molecular flexibility index (Phi) is 2.74. The van der Waals surface area contributed by atoms with E-state index in [0.29, 0.717) is 6.54 Å². The minimum atomic E-state index is 0.627. The molecule has 5 nitrogen and oxygen atoms in total. The van der Waals surface area contributed by atoms with Crippen molar-refractivity contribution in [1.29, 1.82) is 0 Å². The number of H-pyrrole nitrogens is 1. The number of hydrogen-bond donors (Lipinski definition) is 2. The third kappa shape index (κ3) is 2.18. The second-order valence-corrected chi connectivity index (χ2v) is 4.84. The number of hydrogen-bond acceptors (Lipinski definition) is 4. The van der Waals surface area contributed by atoms with Crippen LogP contribution in [0, 0.1) is 0 Å². The maximum Gasteiger partial charge on any atom is 0.0890 e. The van der Waals surface area contributed by atoms with E-state index in [1.54, 1.807) is 0 Å². The summed E-state index contributed by atoms with van der Waals surface area (Å²) in [5.74, 6) is 0. The predicted octanol–water partition coefficient (Wildman–Crippen LogP) is 3.12. The molecule has 0 aliphatic rings. The van der Waals surface area contributed by atoms with E-state index in [0.717, 1.165) is 33.3 Å². The van der Waals surface area contributed by atoms with Crippen molar-refractivity contribution in [1.82, 2.24) is 20.2 Å². The molecule has 0 fully saturated rings. The zero-order valence-corrected chi connectivity index (χ0v) is 11.2. The molecule has 0 unspecified atom stereocenters. The van der Waals surface area contributed by atoms with Gasteiger partial charge in [0.05, 0.1) is 41.2 Å². The Morgan fingerprint density at radius 3 is 2.81 bits per heavy atom. The summed E-state index contributed by atoms with van der Waals surface area (Å²) in [5.41, 5.74) is 4.80. The summed E-state index contributed by atoms with van der Waals surface area (Å²) in [6.45, 7) is 0.627. The van der Waals surface area contributed by atoms with E-state index >= 15 is 0 Å². The number of nitrogens with one attached hydrogen (secondary N) is 2. The second-order valence-electron chi connectivity index (χ2n) is 4.84. The fourth-order valence-corrected chi connectivity index (χ4v) is 2.39. The first-order valence-electron chi connectivity index (χ1n) is 6.77. The normalized spacial score (nSPS) is 11.0. The van der Waals surface area contributed by atoms with Crippen molar-refractivity contribution in [3.8, 4) is 0 Å². The quantitative estimate of drug-likeness (QED) is 0.603. The maximum absolute atomic E-state index is 4.61. The molecule has 0 saturated heterocycles. The molecular weight excluding hydrogens is 262 g/mol. The average Bonchev–Trinajstić information content (AvgIpc) is 3.02. The van der Waals surface area contributed by atoms with Crippen LogP contribution in [0.15, 0.2) is 54.9 Å². The summed E-state index contributed by atoms with van der Waals surface area (Å²) in [6.07, 6.45) is 3.63. The number of para-hydroxylation sites is 2. The molecule has 2 heterocycles. The summed E-state index contributed by atoms with van der Waals surface area (Å²) in [4.78, 5) is 9.03. The van der Waals surface area contributed by atoms with Crippen LogP contribution >= 0.6 is 0 Å². The van der Waals surface area contributed by atoms with Crippen molar-refractivity contribution in [2.24, 2.45) is 0 Å². The zero-order chi connectivity index (χ0) is 14.1. The minimum Gasteiger partial charge on any atom is -0.379 e. The summed E-state index contributed by atoms with van der Waals surface area (Å²) >= 11 is 0. The highest BCUT2D eigenvalue weighted by molar-refractivity contribution is 5.90. The molecule has 2 aromatic heterocycles. The van der Waals surface area contributed by atoms with Crippen molar-refractivity contribution in [2.45, 2.75) is 6.54 Å². The lowest BCUT2D eigenvalue weighted by atomic mass is 10.2. The van der Waals surface area contributed by atoms with Crippen molar-refractivity contribution < 1.29 is 0 Å². The third-order valence-electron chi connectivity index (χ3n) is 3.44. The Balaban J connectivity index is 1.61. The molecule has 2 aromatic carbocycles. The SMILES string of the molecule is c1ccc2nc(CNc3cccc4[nH]ncc34)cnc2c1. The van der Waals surface area contributed by atoms with Gasteiger partial charge in [-0.15, -0.1) is 0 Å². The van der Waals surface area contributed by atoms with Gasteiger partial charge in [-0.2, -0.15) is 5.10 Å². The summed E-state index contributed by atoms with van der Waals surface area (Å²) in [5, 5.41) is 11.5. The van der Waals surface area contributed by atoms with E-state index in [4.69, 9.17) is 0 Å². The van der Waals surface area contributed by atoms with Gasteiger partial charge in [-0.1, -0.05) is 18.2 Å². The standard InChI is InChI=1S/C16H13N5/c1-2-5-16-15(4-1)18-9-11(20-16)8-17-13-6-3-7-14-12(13)10-19-21-14/h1-7,9-10,17H,8H2,(H,19,21). The van der Waals surface area contributed by atoms with Crippen LogP contribution in [-0.2, 0) is 6.54 Å². The first-order valence-corrected chi connectivity index (χ1v) is 6.77. The van der Waals surface area contributed by atoms with E-state index < -0.39 is 0 Å². The number of aromatic amines is 1. The average molecular weight is 275 g/mol. The predicted molar refractivity (Wildman–Crippen MR) is 83.0 cm³/mol. The fraction of sp³-hybridized carbons (Fsp3) is 0.0625. The number of rotatable bonds is 3. The molecule has 0 aliphatic heterocycles. The van der Waals surface area contributed by atoms with E-state index in [9.17, 15) is 0 Å². The lowest BCUT2D eigenvalue weighted by Crippen LogP contribution is -2.02. The largest absolute Gasteiger partial charge is 0.379 e. The van der Waals surface area contributed by atoms with Gasteiger partial charge in [-0.05, 0) is 24.3 Å². The number of nitrogens with zero attached hydrogens (tertiary/aromatic N) is 3. The summed E-state index contributed by atoms with van der Waals surface area (Å²) in [7, 11) is 0. The van der Waals surface area contributed by atoms with Crippen LogP contribution in [0.25, 0.3) is 21.9 Å². The van der Waals surface area contributed by atoms with E-state index in [2.05, 4.69) is 25.5 Å². The van der Waals surface area contributed by atoms with E-state index in [1.807, 2.05) is 54.9 Å². The van der Waals surface area contributed by atoms with Crippen LogP contribution in [-0.4, -0.2) is 20.2 Å². The molecule has 0 atom stereocenters. The molecule has 0 bridgehead atoms. The molecule has 21 heavy (non-hydrogen) atoms. The van der Waals surface area contributed by atoms with Gasteiger partial charge in [0.25, 0.3) is 0 Å². The molecule has 4 aromatic rings. The Morgan fingerprint density at radius 1 is 0.952 bits per heavy atom. The van der Waals surface area contributed by atoms with Crippen molar-refractivity contribution in [3.05, 3.63) is 60.6 Å². The Bertz CT molecular complexity index is 912. The first kappa shape index (κ1) is 11.8. The van der Waals surface area contributed by atoms with E-state index in [-0.39, 0.29) is 0 Å². The lowest BCUT2D eigenvalue weighted by Gasteiger charge is -2.07. The van der Waals surface area contributed by atoms with Crippen LogP contribution in [0.1, 0.15) is 5.69 Å². The number of benzene rings is 2. The molecule has 2 N–H and O–H groups in total. The van der Waals surface area contributed by atoms with Crippen molar-refractivity contribution in [3.63, 3.8) is 0 Å². The molecule has 0 radical (unpaired) electrons. The molecule has 102 valence electrons. The maximum atomic E-state index is 4.61. The van der Waals surface area contributed by atoms with Gasteiger partial charge in [0.1, 0.15) is 0 Å².